The van der Waals surface area contributed by atoms with Crippen LogP contribution in [0.1, 0.15) is 22.3 Å². The maximum absolute atomic E-state index is 16.9. The van der Waals surface area contributed by atoms with Gasteiger partial charge < -0.3 is 0 Å². The molecule has 0 N–H and O–H groups in total. The highest BCUT2D eigenvalue weighted by molar-refractivity contribution is 6.17. The average molecular weight is 901 g/mol. The molecule has 0 nitrogen and oxygen atoms in total. The van der Waals surface area contributed by atoms with Crippen LogP contribution in [-0.2, 0) is 10.8 Å². The maximum atomic E-state index is 16.9. The Bertz CT molecular complexity index is 2540. The van der Waals surface area contributed by atoms with Crippen LogP contribution in [0.5, 0.6) is 0 Å². The molecule has 0 heterocycles. The summed E-state index contributed by atoms with van der Waals surface area (Å²) in [6.07, 6.45) is -30.9. The Morgan fingerprint density at radius 1 is 0.258 bits per heavy atom. The third-order valence-corrected chi connectivity index (χ3v) is 12.2. The van der Waals surface area contributed by atoms with Crippen LogP contribution in [0.15, 0.2) is 97.1 Å². The van der Waals surface area contributed by atoms with Gasteiger partial charge in [-0.15, -0.1) is 0 Å². The van der Waals surface area contributed by atoms with Crippen LogP contribution < -0.4 is 0 Å². The van der Waals surface area contributed by atoms with Crippen molar-refractivity contribution < 1.29 is 87.8 Å². The van der Waals surface area contributed by atoms with E-state index in [0.717, 1.165) is 48.5 Å². The zero-order chi connectivity index (χ0) is 45.6. The molecule has 3 aliphatic carbocycles. The van der Waals surface area contributed by atoms with Crippen molar-refractivity contribution in [1.82, 2.24) is 0 Å². The molecule has 0 aromatic heterocycles. The van der Waals surface area contributed by atoms with Gasteiger partial charge in [0.25, 0.3) is 0 Å². The first-order valence-corrected chi connectivity index (χ1v) is 17.6. The number of halogens is 20. The fourth-order valence-corrected chi connectivity index (χ4v) is 9.80. The Hall–Kier alpha value is -5.56. The molecule has 0 atom stereocenters. The molecule has 0 saturated carbocycles. The van der Waals surface area contributed by atoms with Crippen LogP contribution in [0.2, 0.25) is 0 Å². The van der Waals surface area contributed by atoms with Crippen molar-refractivity contribution in [3.8, 4) is 44.5 Å². The average Bonchev–Trinajstić information content (AvgIpc) is 3.64. The zero-order valence-electron chi connectivity index (χ0n) is 29.8. The fourth-order valence-electron chi connectivity index (χ4n) is 9.80. The summed E-state index contributed by atoms with van der Waals surface area (Å²) >= 11 is 0. The molecule has 0 unspecified atom stereocenters. The first-order valence-electron chi connectivity index (χ1n) is 17.6. The van der Waals surface area contributed by atoms with Crippen molar-refractivity contribution in [3.05, 3.63) is 119 Å². The van der Waals surface area contributed by atoms with Gasteiger partial charge in [-0.2, -0.15) is 87.8 Å². The predicted octanol–water partition coefficient (Wildman–Crippen LogP) is 15.0. The number of fused-ring (bicyclic) bond motifs is 8. The molecule has 324 valence electrons. The van der Waals surface area contributed by atoms with E-state index in [4.69, 9.17) is 0 Å². The Morgan fingerprint density at radius 3 is 0.629 bits per heavy atom. The Balaban J connectivity index is 1.65. The highest BCUT2D eigenvalue weighted by atomic mass is 19.4. The minimum atomic E-state index is -7.77. The van der Waals surface area contributed by atoms with Gasteiger partial charge in [0.05, 0.1) is 0 Å². The Morgan fingerprint density at radius 2 is 0.452 bits per heavy atom. The molecule has 0 bridgehead atoms. The minimum Gasteiger partial charge on any atom is -0.195 e. The van der Waals surface area contributed by atoms with Gasteiger partial charge in [0, 0.05) is 0 Å². The SMILES string of the molecule is FC(F)(F)C(F)(F)C1(C(F)(F)C(F)(F)F)c2cc3c(cc2C(C(F)(F)C(F)(F)F)(C(F)(F)C(F)(F)F)c2cc4c(cc21)-c1cccc2cccc-4c12)-c1cccc2cccc-3c12. The van der Waals surface area contributed by atoms with Gasteiger partial charge in [0.2, 0.25) is 0 Å². The van der Waals surface area contributed by atoms with Crippen LogP contribution in [0.3, 0.4) is 0 Å². The molecule has 3 aliphatic rings. The quantitative estimate of drug-likeness (QED) is 0.154. The van der Waals surface area contributed by atoms with E-state index >= 15 is 87.8 Å². The first kappa shape index (κ1) is 41.8. The molecule has 9 rings (SSSR count). The largest absolute Gasteiger partial charge is 0.454 e. The monoisotopic (exact) mass is 900 g/mol. The number of hydrogen-bond acceptors (Lipinski definition) is 0. The molecule has 0 amide bonds. The van der Waals surface area contributed by atoms with E-state index in [1.807, 2.05) is 0 Å². The third kappa shape index (κ3) is 4.47. The van der Waals surface area contributed by atoms with Crippen molar-refractivity contribution in [3.63, 3.8) is 0 Å². The molecular formula is C42H16F20. The van der Waals surface area contributed by atoms with Gasteiger partial charge in [-0.05, 0) is 113 Å². The molecule has 20 heteroatoms. The van der Waals surface area contributed by atoms with E-state index in [1.165, 1.54) is 24.3 Å². The zero-order valence-corrected chi connectivity index (χ0v) is 29.8. The van der Waals surface area contributed by atoms with E-state index < -0.39 is 150 Å². The van der Waals surface area contributed by atoms with E-state index in [1.54, 1.807) is 0 Å². The summed E-state index contributed by atoms with van der Waals surface area (Å²) in [5.74, 6) is -31.1. The van der Waals surface area contributed by atoms with Crippen molar-refractivity contribution in [2.75, 3.05) is 0 Å². The molecule has 0 spiro atoms. The van der Waals surface area contributed by atoms with E-state index in [2.05, 4.69) is 0 Å². The lowest BCUT2D eigenvalue weighted by Gasteiger charge is -2.57. The normalized spacial score (nSPS) is 17.0. The van der Waals surface area contributed by atoms with Crippen molar-refractivity contribution >= 4 is 21.5 Å². The second-order valence-corrected chi connectivity index (χ2v) is 15.1. The molecule has 62 heavy (non-hydrogen) atoms. The lowest BCUT2D eigenvalue weighted by atomic mass is 9.49. The summed E-state index contributed by atoms with van der Waals surface area (Å²) in [6, 6.07) is 10.8. The summed E-state index contributed by atoms with van der Waals surface area (Å²) in [7, 11) is 0. The van der Waals surface area contributed by atoms with Gasteiger partial charge >= 0.3 is 48.4 Å². The first-order chi connectivity index (χ1) is 28.4. The van der Waals surface area contributed by atoms with E-state index in [-0.39, 0.29) is 21.5 Å². The van der Waals surface area contributed by atoms with Crippen LogP contribution >= 0.6 is 0 Å². The lowest BCUT2D eigenvalue weighted by molar-refractivity contribution is -0.386. The van der Waals surface area contributed by atoms with Gasteiger partial charge in [-0.25, -0.2) is 0 Å². The lowest BCUT2D eigenvalue weighted by Crippen LogP contribution is -2.75. The number of benzene rings is 6. The van der Waals surface area contributed by atoms with Crippen LogP contribution in [0, 0.1) is 0 Å². The van der Waals surface area contributed by atoms with Gasteiger partial charge in [-0.3, -0.25) is 0 Å². The summed E-state index contributed by atoms with van der Waals surface area (Å²) < 4.78 is 316. The second kappa shape index (κ2) is 11.7. The van der Waals surface area contributed by atoms with Crippen molar-refractivity contribution in [1.29, 1.82) is 0 Å². The summed E-state index contributed by atoms with van der Waals surface area (Å²) in [6.45, 7) is 0. The molecule has 0 fully saturated rings. The van der Waals surface area contributed by atoms with Crippen LogP contribution in [0.25, 0.3) is 66.1 Å². The van der Waals surface area contributed by atoms with E-state index in [9.17, 15) is 0 Å². The van der Waals surface area contributed by atoms with Gasteiger partial charge in [-0.1, -0.05) is 72.8 Å². The third-order valence-electron chi connectivity index (χ3n) is 12.2. The highest BCUT2D eigenvalue weighted by Gasteiger charge is 2.93. The number of hydrogen-bond donors (Lipinski definition) is 0. The van der Waals surface area contributed by atoms with Crippen LogP contribution in [0.4, 0.5) is 87.8 Å². The number of rotatable bonds is 4. The molecule has 0 saturated heterocycles. The highest BCUT2D eigenvalue weighted by Crippen LogP contribution is 2.75. The molecule has 0 radical (unpaired) electrons. The van der Waals surface area contributed by atoms with Crippen molar-refractivity contribution in [2.45, 2.75) is 59.2 Å². The Labute approximate surface area is 332 Å². The standard InChI is InChI=1S/C42H16F20/c43-35(44,39(51,52)53)33(36(45,46)40(54,55)56)27-13-23-19-9-1-5-17-6-2-10-20(31(17)19)24(23)14-28(27)34(37(47,48)41(57,58)59,38(49,50)42(60,61)62)30-16-26-22-12-4-8-18-7-3-11-21(32(18)22)25(26)15-29(30)33/h1-16H. The maximum Gasteiger partial charge on any atom is 0.454 e. The molecule has 6 aromatic carbocycles. The minimum absolute atomic E-state index is 0.0155. The number of alkyl halides is 20. The second-order valence-electron chi connectivity index (χ2n) is 15.1. The fraction of sp³-hybridized carbons (Fsp3) is 0.238. The predicted molar refractivity (Wildman–Crippen MR) is 182 cm³/mol. The molecule has 6 aromatic rings. The van der Waals surface area contributed by atoms with Crippen LogP contribution in [-0.4, -0.2) is 48.4 Å². The van der Waals surface area contributed by atoms with Gasteiger partial charge in [0.1, 0.15) is 0 Å². The smallest absolute Gasteiger partial charge is 0.195 e. The molecule has 0 aliphatic heterocycles. The van der Waals surface area contributed by atoms with E-state index in [0.29, 0.717) is 0 Å². The molecular weight excluding hydrogens is 884 g/mol. The topological polar surface area (TPSA) is 0 Å². The summed E-state index contributed by atoms with van der Waals surface area (Å²) in [5.41, 5.74) is -33.2. The summed E-state index contributed by atoms with van der Waals surface area (Å²) in [4.78, 5) is 0. The Kier molecular flexibility index (Phi) is 7.89. The van der Waals surface area contributed by atoms with Gasteiger partial charge in [0.15, 0.2) is 10.8 Å². The van der Waals surface area contributed by atoms with Crippen molar-refractivity contribution in [2.24, 2.45) is 0 Å². The summed E-state index contributed by atoms with van der Waals surface area (Å²) in [5, 5.41) is -0.441.